The van der Waals surface area contributed by atoms with E-state index in [0.717, 1.165) is 6.54 Å². The fraction of sp³-hybridized carbons (Fsp3) is 0.500. The molecule has 3 nitrogen and oxygen atoms in total. The molecular formula is C8H13N3. The van der Waals surface area contributed by atoms with Crippen LogP contribution in [0, 0.1) is 11.3 Å². The standard InChI is InChI=1S/C6H7N3.C2H6/c1-2-9-4-3-6(5-7)8-9;1-2/h3-4H,2H2,1H3;1-2H3. The van der Waals surface area contributed by atoms with E-state index in [1.807, 2.05) is 26.8 Å². The number of hydrogen-bond acceptors (Lipinski definition) is 2. The Morgan fingerprint density at radius 2 is 2.27 bits per heavy atom. The Morgan fingerprint density at radius 1 is 1.64 bits per heavy atom. The molecule has 0 radical (unpaired) electrons. The minimum atomic E-state index is 0.483. The van der Waals surface area contributed by atoms with E-state index in [9.17, 15) is 0 Å². The first-order valence-electron chi connectivity index (χ1n) is 3.80. The van der Waals surface area contributed by atoms with Crippen LogP contribution in [0.15, 0.2) is 12.3 Å². The molecule has 1 aromatic heterocycles. The van der Waals surface area contributed by atoms with Crippen molar-refractivity contribution in [3.05, 3.63) is 18.0 Å². The molecular weight excluding hydrogens is 138 g/mol. The largest absolute Gasteiger partial charge is 0.272 e. The highest BCUT2D eigenvalue weighted by molar-refractivity contribution is 5.16. The minimum absolute atomic E-state index is 0.483. The normalized spacial score (nSPS) is 7.82. The first-order valence-corrected chi connectivity index (χ1v) is 3.80. The van der Waals surface area contributed by atoms with E-state index in [0.29, 0.717) is 5.69 Å². The molecule has 0 aliphatic rings. The quantitative estimate of drug-likeness (QED) is 0.614. The van der Waals surface area contributed by atoms with Crippen molar-refractivity contribution >= 4 is 0 Å². The van der Waals surface area contributed by atoms with E-state index in [4.69, 9.17) is 5.26 Å². The molecule has 0 bridgehead atoms. The third-order valence-corrected chi connectivity index (χ3v) is 1.08. The third-order valence-electron chi connectivity index (χ3n) is 1.08. The molecule has 0 saturated heterocycles. The number of nitrogens with zero attached hydrogens (tertiary/aromatic N) is 3. The van der Waals surface area contributed by atoms with Gasteiger partial charge in [0.05, 0.1) is 0 Å². The molecule has 0 saturated carbocycles. The fourth-order valence-electron chi connectivity index (χ4n) is 0.597. The molecule has 1 heterocycles. The van der Waals surface area contributed by atoms with Crippen LogP contribution in [0.25, 0.3) is 0 Å². The average Bonchev–Trinajstić information content (AvgIpc) is 2.55. The smallest absolute Gasteiger partial charge is 0.162 e. The van der Waals surface area contributed by atoms with Crippen molar-refractivity contribution in [3.8, 4) is 6.07 Å². The SMILES string of the molecule is CC.CCn1ccc(C#N)n1. The van der Waals surface area contributed by atoms with E-state index in [2.05, 4.69) is 5.10 Å². The lowest BCUT2D eigenvalue weighted by molar-refractivity contribution is 0.657. The summed E-state index contributed by atoms with van der Waals surface area (Å²) in [6.45, 7) is 6.80. The predicted molar refractivity (Wildman–Crippen MR) is 44.0 cm³/mol. The lowest BCUT2D eigenvalue weighted by Crippen LogP contribution is -1.93. The molecule has 0 N–H and O–H groups in total. The maximum absolute atomic E-state index is 8.32. The topological polar surface area (TPSA) is 41.6 Å². The molecule has 0 aliphatic heterocycles. The molecule has 0 spiro atoms. The molecule has 0 amide bonds. The van der Waals surface area contributed by atoms with Crippen molar-refractivity contribution in [2.75, 3.05) is 0 Å². The van der Waals surface area contributed by atoms with Crippen LogP contribution in [0.3, 0.4) is 0 Å². The first-order chi connectivity index (χ1) is 5.36. The van der Waals surface area contributed by atoms with Crippen LogP contribution in [-0.4, -0.2) is 9.78 Å². The summed E-state index contributed by atoms with van der Waals surface area (Å²) in [5.74, 6) is 0. The van der Waals surface area contributed by atoms with Crippen LogP contribution in [-0.2, 0) is 6.54 Å². The summed E-state index contributed by atoms with van der Waals surface area (Å²) in [7, 11) is 0. The van der Waals surface area contributed by atoms with E-state index in [1.165, 1.54) is 0 Å². The number of rotatable bonds is 1. The van der Waals surface area contributed by atoms with Gasteiger partial charge in [0.2, 0.25) is 0 Å². The fourth-order valence-corrected chi connectivity index (χ4v) is 0.597. The van der Waals surface area contributed by atoms with Gasteiger partial charge in [0, 0.05) is 12.7 Å². The van der Waals surface area contributed by atoms with Gasteiger partial charge < -0.3 is 0 Å². The van der Waals surface area contributed by atoms with E-state index >= 15 is 0 Å². The third kappa shape index (κ3) is 2.85. The van der Waals surface area contributed by atoms with E-state index in [1.54, 1.807) is 16.9 Å². The van der Waals surface area contributed by atoms with E-state index in [-0.39, 0.29) is 0 Å². The highest BCUT2D eigenvalue weighted by atomic mass is 15.3. The minimum Gasteiger partial charge on any atom is -0.272 e. The van der Waals surface area contributed by atoms with Crippen LogP contribution < -0.4 is 0 Å². The molecule has 3 heteroatoms. The van der Waals surface area contributed by atoms with Crippen LogP contribution in [0.1, 0.15) is 26.5 Å². The summed E-state index contributed by atoms with van der Waals surface area (Å²) in [5, 5.41) is 12.2. The first kappa shape index (κ1) is 9.70. The summed E-state index contributed by atoms with van der Waals surface area (Å²) in [6, 6.07) is 3.65. The zero-order chi connectivity index (χ0) is 8.69. The second-order valence-corrected chi connectivity index (χ2v) is 1.67. The number of nitriles is 1. The van der Waals surface area contributed by atoms with E-state index < -0.39 is 0 Å². The molecule has 1 aromatic rings. The number of aromatic nitrogens is 2. The van der Waals surface area contributed by atoms with Gasteiger partial charge in [-0.1, -0.05) is 13.8 Å². The predicted octanol–water partition coefficient (Wildman–Crippen LogP) is 1.80. The Hall–Kier alpha value is -1.30. The Bertz CT molecular complexity index is 232. The van der Waals surface area contributed by atoms with Crippen molar-refractivity contribution in [2.45, 2.75) is 27.3 Å². The summed E-state index contributed by atoms with van der Waals surface area (Å²) in [6.07, 6.45) is 1.79. The summed E-state index contributed by atoms with van der Waals surface area (Å²) < 4.78 is 1.72. The zero-order valence-electron chi connectivity index (χ0n) is 7.20. The maximum atomic E-state index is 8.32. The Balaban J connectivity index is 0.000000461. The molecule has 60 valence electrons. The van der Waals surface area contributed by atoms with Gasteiger partial charge in [0.15, 0.2) is 5.69 Å². The second kappa shape index (κ2) is 5.48. The van der Waals surface area contributed by atoms with Crippen molar-refractivity contribution in [2.24, 2.45) is 0 Å². The van der Waals surface area contributed by atoms with Gasteiger partial charge in [0.1, 0.15) is 6.07 Å². The van der Waals surface area contributed by atoms with Gasteiger partial charge in [0.25, 0.3) is 0 Å². The van der Waals surface area contributed by atoms with Crippen LogP contribution in [0.2, 0.25) is 0 Å². The van der Waals surface area contributed by atoms with Gasteiger partial charge in [-0.25, -0.2) is 0 Å². The zero-order valence-corrected chi connectivity index (χ0v) is 7.20. The molecule has 11 heavy (non-hydrogen) atoms. The Kier molecular flexibility index (Phi) is 4.83. The molecule has 0 unspecified atom stereocenters. The van der Waals surface area contributed by atoms with Crippen LogP contribution >= 0.6 is 0 Å². The van der Waals surface area contributed by atoms with Crippen molar-refractivity contribution in [1.29, 1.82) is 5.26 Å². The highest BCUT2D eigenvalue weighted by Crippen LogP contribution is 1.91. The second-order valence-electron chi connectivity index (χ2n) is 1.67. The summed E-state index contributed by atoms with van der Waals surface area (Å²) in [5.41, 5.74) is 0.483. The van der Waals surface area contributed by atoms with Crippen molar-refractivity contribution < 1.29 is 0 Å². The summed E-state index contributed by atoms with van der Waals surface area (Å²) in [4.78, 5) is 0. The molecule has 0 atom stereocenters. The van der Waals surface area contributed by atoms with Crippen molar-refractivity contribution in [3.63, 3.8) is 0 Å². The summed E-state index contributed by atoms with van der Waals surface area (Å²) >= 11 is 0. The molecule has 0 aromatic carbocycles. The lowest BCUT2D eigenvalue weighted by Gasteiger charge is -1.88. The van der Waals surface area contributed by atoms with Gasteiger partial charge >= 0.3 is 0 Å². The van der Waals surface area contributed by atoms with Gasteiger partial charge in [-0.3, -0.25) is 4.68 Å². The number of hydrogen-bond donors (Lipinski definition) is 0. The highest BCUT2D eigenvalue weighted by Gasteiger charge is 1.91. The molecule has 0 aliphatic carbocycles. The monoisotopic (exact) mass is 151 g/mol. The van der Waals surface area contributed by atoms with Gasteiger partial charge in [-0.15, -0.1) is 0 Å². The Morgan fingerprint density at radius 3 is 2.55 bits per heavy atom. The number of aryl methyl sites for hydroxylation is 1. The van der Waals surface area contributed by atoms with Gasteiger partial charge in [-0.2, -0.15) is 10.4 Å². The Labute approximate surface area is 67.3 Å². The maximum Gasteiger partial charge on any atom is 0.162 e. The molecule has 1 rings (SSSR count). The lowest BCUT2D eigenvalue weighted by atomic mass is 10.5. The average molecular weight is 151 g/mol. The van der Waals surface area contributed by atoms with Crippen molar-refractivity contribution in [1.82, 2.24) is 9.78 Å². The molecule has 0 fully saturated rings. The van der Waals surface area contributed by atoms with Gasteiger partial charge in [-0.05, 0) is 13.0 Å². The van der Waals surface area contributed by atoms with Crippen LogP contribution in [0.4, 0.5) is 0 Å². The van der Waals surface area contributed by atoms with Crippen LogP contribution in [0.5, 0.6) is 0 Å².